The highest BCUT2D eigenvalue weighted by Crippen LogP contribution is 2.40. The van der Waals surface area contributed by atoms with E-state index in [1.54, 1.807) is 4.90 Å². The number of carbonyl (C=O) groups is 2. The van der Waals surface area contributed by atoms with Crippen LogP contribution in [0.4, 0.5) is 4.79 Å². The van der Waals surface area contributed by atoms with Crippen LogP contribution >= 0.6 is 0 Å². The molecule has 1 aliphatic carbocycles. The van der Waals surface area contributed by atoms with Crippen LogP contribution < -0.4 is 0 Å². The first-order chi connectivity index (χ1) is 7.90. The number of aldehydes is 1. The Bertz CT molecular complexity index is 307. The molecule has 0 spiro atoms. The van der Waals surface area contributed by atoms with Gasteiger partial charge in [-0.2, -0.15) is 0 Å². The highest BCUT2D eigenvalue weighted by atomic mass is 16.6. The third-order valence-corrected chi connectivity index (χ3v) is 3.72. The lowest BCUT2D eigenvalue weighted by Gasteiger charge is -2.36. The molecule has 96 valence electrons. The second kappa shape index (κ2) is 4.31. The molecule has 2 unspecified atom stereocenters. The monoisotopic (exact) mass is 239 g/mol. The van der Waals surface area contributed by atoms with E-state index >= 15 is 0 Å². The fourth-order valence-corrected chi connectivity index (χ4v) is 2.96. The Kier molecular flexibility index (Phi) is 3.15. The Labute approximate surface area is 102 Å². The average Bonchev–Trinajstić information content (AvgIpc) is 2.44. The lowest BCUT2D eigenvalue weighted by Crippen LogP contribution is -2.47. The van der Waals surface area contributed by atoms with Gasteiger partial charge in [-0.05, 0) is 45.4 Å². The van der Waals surface area contributed by atoms with Crippen molar-refractivity contribution in [2.75, 3.05) is 13.1 Å². The van der Waals surface area contributed by atoms with E-state index in [1.165, 1.54) is 0 Å². The van der Waals surface area contributed by atoms with E-state index in [0.717, 1.165) is 19.1 Å². The van der Waals surface area contributed by atoms with Gasteiger partial charge in [-0.3, -0.25) is 0 Å². The van der Waals surface area contributed by atoms with Crippen LogP contribution in [0.15, 0.2) is 0 Å². The number of rotatable bonds is 1. The van der Waals surface area contributed by atoms with Gasteiger partial charge in [0.05, 0.1) is 0 Å². The number of likely N-dealkylation sites (tertiary alicyclic amines) is 1. The Morgan fingerprint density at radius 1 is 1.24 bits per heavy atom. The third-order valence-electron chi connectivity index (χ3n) is 3.72. The van der Waals surface area contributed by atoms with E-state index < -0.39 is 5.60 Å². The van der Waals surface area contributed by atoms with Crippen molar-refractivity contribution in [3.05, 3.63) is 0 Å². The Hall–Kier alpha value is -1.06. The van der Waals surface area contributed by atoms with Crippen molar-refractivity contribution >= 4 is 12.4 Å². The molecule has 2 rings (SSSR count). The minimum Gasteiger partial charge on any atom is -0.444 e. The van der Waals surface area contributed by atoms with Crippen molar-refractivity contribution in [3.8, 4) is 0 Å². The molecule has 17 heavy (non-hydrogen) atoms. The minimum atomic E-state index is -0.447. The molecule has 1 heterocycles. The minimum absolute atomic E-state index is 0.161. The van der Waals surface area contributed by atoms with Gasteiger partial charge >= 0.3 is 6.09 Å². The Balaban J connectivity index is 1.98. The average molecular weight is 239 g/mol. The zero-order valence-corrected chi connectivity index (χ0v) is 10.8. The third kappa shape index (κ3) is 2.61. The zero-order valence-electron chi connectivity index (χ0n) is 10.8. The number of nitrogens with zero attached hydrogens (tertiary/aromatic N) is 1. The van der Waals surface area contributed by atoms with E-state index in [-0.39, 0.29) is 12.0 Å². The molecule has 4 nitrogen and oxygen atoms in total. The lowest BCUT2D eigenvalue weighted by molar-refractivity contribution is -0.114. The standard InChI is InChI=1S/C13H21NO3/c1-13(2,3)17-12(16)14-6-9-4-5-10(7-14)11(9)8-15/h8-11H,4-7H2,1-3H3/t9-,10?,11?/m1/s1. The lowest BCUT2D eigenvalue weighted by atomic mass is 9.86. The fraction of sp³-hybridized carbons (Fsp3) is 0.846. The van der Waals surface area contributed by atoms with Gasteiger partial charge in [0.2, 0.25) is 0 Å². The molecule has 0 N–H and O–H groups in total. The summed E-state index contributed by atoms with van der Waals surface area (Å²) in [5.41, 5.74) is -0.447. The van der Waals surface area contributed by atoms with Crippen LogP contribution in [0.5, 0.6) is 0 Å². The summed E-state index contributed by atoms with van der Waals surface area (Å²) in [6, 6.07) is 0. The predicted molar refractivity (Wildman–Crippen MR) is 63.6 cm³/mol. The van der Waals surface area contributed by atoms with Crippen LogP contribution in [0.25, 0.3) is 0 Å². The molecule has 0 aromatic carbocycles. The van der Waals surface area contributed by atoms with Crippen LogP contribution in [0.1, 0.15) is 33.6 Å². The second-order valence-electron chi connectivity index (χ2n) is 6.20. The van der Waals surface area contributed by atoms with Gasteiger partial charge in [-0.15, -0.1) is 0 Å². The number of hydrogen-bond donors (Lipinski definition) is 0. The van der Waals surface area contributed by atoms with Gasteiger partial charge in [0.25, 0.3) is 0 Å². The van der Waals surface area contributed by atoms with Crippen LogP contribution in [-0.4, -0.2) is 36.0 Å². The molecule has 1 saturated heterocycles. The van der Waals surface area contributed by atoms with Gasteiger partial charge in [0.15, 0.2) is 0 Å². The van der Waals surface area contributed by atoms with E-state index in [9.17, 15) is 9.59 Å². The number of ether oxygens (including phenoxy) is 1. The molecule has 1 amide bonds. The first kappa shape index (κ1) is 12.4. The molecule has 2 fully saturated rings. The summed E-state index contributed by atoms with van der Waals surface area (Å²) in [7, 11) is 0. The number of hydrogen-bond acceptors (Lipinski definition) is 3. The van der Waals surface area contributed by atoms with Gasteiger partial charge in [0.1, 0.15) is 11.9 Å². The topological polar surface area (TPSA) is 46.6 Å². The van der Waals surface area contributed by atoms with E-state index in [1.807, 2.05) is 20.8 Å². The molecule has 3 atom stereocenters. The van der Waals surface area contributed by atoms with Crippen LogP contribution in [0.2, 0.25) is 0 Å². The first-order valence-corrected chi connectivity index (χ1v) is 6.34. The van der Waals surface area contributed by atoms with Crippen LogP contribution in [-0.2, 0) is 9.53 Å². The Morgan fingerprint density at radius 3 is 2.18 bits per heavy atom. The maximum atomic E-state index is 11.9. The number of piperidine rings is 1. The van der Waals surface area contributed by atoms with Gasteiger partial charge in [-0.25, -0.2) is 4.79 Å². The molecule has 2 bridgehead atoms. The summed E-state index contributed by atoms with van der Waals surface area (Å²) in [6.45, 7) is 6.97. The van der Waals surface area contributed by atoms with E-state index in [4.69, 9.17) is 4.74 Å². The van der Waals surface area contributed by atoms with Crippen LogP contribution in [0, 0.1) is 17.8 Å². The fourth-order valence-electron chi connectivity index (χ4n) is 2.96. The summed E-state index contributed by atoms with van der Waals surface area (Å²) in [5.74, 6) is 0.853. The molecule has 0 radical (unpaired) electrons. The summed E-state index contributed by atoms with van der Waals surface area (Å²) in [5, 5.41) is 0. The van der Waals surface area contributed by atoms with Crippen molar-refractivity contribution in [2.24, 2.45) is 17.8 Å². The number of carbonyl (C=O) groups excluding carboxylic acids is 2. The molecule has 0 aromatic heterocycles. The molecule has 0 aromatic rings. The van der Waals surface area contributed by atoms with Crippen molar-refractivity contribution in [1.29, 1.82) is 0 Å². The highest BCUT2D eigenvalue weighted by Gasteiger charge is 2.43. The first-order valence-electron chi connectivity index (χ1n) is 6.34. The zero-order chi connectivity index (χ0) is 12.6. The second-order valence-corrected chi connectivity index (χ2v) is 6.20. The smallest absolute Gasteiger partial charge is 0.410 e. The van der Waals surface area contributed by atoms with Crippen molar-refractivity contribution in [3.63, 3.8) is 0 Å². The summed E-state index contributed by atoms with van der Waals surface area (Å²) in [6.07, 6.45) is 2.97. The van der Waals surface area contributed by atoms with Crippen molar-refractivity contribution < 1.29 is 14.3 Å². The van der Waals surface area contributed by atoms with Gasteiger partial charge in [-0.1, -0.05) is 0 Å². The number of fused-ring (bicyclic) bond motifs is 2. The predicted octanol–water partition coefficient (Wildman–Crippen LogP) is 2.08. The highest BCUT2D eigenvalue weighted by molar-refractivity contribution is 5.69. The molecule has 1 aliphatic heterocycles. The van der Waals surface area contributed by atoms with Crippen molar-refractivity contribution in [1.82, 2.24) is 4.90 Å². The summed E-state index contributed by atoms with van der Waals surface area (Å²) in [4.78, 5) is 24.7. The largest absolute Gasteiger partial charge is 0.444 e. The quantitative estimate of drug-likeness (QED) is 0.658. The van der Waals surface area contributed by atoms with Crippen molar-refractivity contribution in [2.45, 2.75) is 39.2 Å². The van der Waals surface area contributed by atoms with Gasteiger partial charge < -0.3 is 14.4 Å². The van der Waals surface area contributed by atoms with E-state index in [2.05, 4.69) is 0 Å². The SMILES string of the molecule is CC(C)(C)OC(=O)N1CC2CC[C@H](C1)C2C=O. The van der Waals surface area contributed by atoms with Crippen LogP contribution in [0.3, 0.4) is 0 Å². The number of amides is 1. The summed E-state index contributed by atoms with van der Waals surface area (Å²) < 4.78 is 5.37. The normalized spacial score (nSPS) is 32.4. The molecule has 2 aliphatic rings. The summed E-state index contributed by atoms with van der Waals surface area (Å²) >= 11 is 0. The maximum absolute atomic E-state index is 11.9. The van der Waals surface area contributed by atoms with E-state index in [0.29, 0.717) is 24.9 Å². The molecule has 4 heteroatoms. The molecular formula is C13H21NO3. The molecular weight excluding hydrogens is 218 g/mol. The van der Waals surface area contributed by atoms with Gasteiger partial charge in [0, 0.05) is 19.0 Å². The Morgan fingerprint density at radius 2 is 1.76 bits per heavy atom. The maximum Gasteiger partial charge on any atom is 0.410 e. The molecule has 1 saturated carbocycles.